The van der Waals surface area contributed by atoms with Crippen LogP contribution in [-0.4, -0.2) is 6.04 Å². The molecule has 3 heteroatoms. The van der Waals surface area contributed by atoms with E-state index in [9.17, 15) is 0 Å². The summed E-state index contributed by atoms with van der Waals surface area (Å²) in [6.07, 6.45) is 0.681. The van der Waals surface area contributed by atoms with E-state index >= 15 is 0 Å². The maximum atomic E-state index is 8.45. The second-order valence-electron chi connectivity index (χ2n) is 2.47. The molecule has 0 aliphatic heterocycles. The highest BCUT2D eigenvalue weighted by atomic mass is 32.1. The van der Waals surface area contributed by atoms with Gasteiger partial charge in [-0.1, -0.05) is 0 Å². The molecule has 0 aliphatic rings. The van der Waals surface area contributed by atoms with E-state index in [1.807, 2.05) is 24.4 Å². The highest BCUT2D eigenvalue weighted by Crippen LogP contribution is 2.16. The standard InChI is InChI=1S/C8H10N2S/c1-6-2-3-11-8(6)4-7(10)5-9/h2-3,7H,4,10H2,1H3. The maximum Gasteiger partial charge on any atom is 0.0976 e. The molecule has 0 spiro atoms. The number of thiophene rings is 1. The van der Waals surface area contributed by atoms with Gasteiger partial charge in [0.05, 0.1) is 12.1 Å². The van der Waals surface area contributed by atoms with Crippen LogP contribution in [-0.2, 0) is 6.42 Å². The fourth-order valence-electron chi connectivity index (χ4n) is 0.859. The minimum atomic E-state index is -0.354. The Hall–Kier alpha value is -0.850. The van der Waals surface area contributed by atoms with E-state index in [0.717, 1.165) is 0 Å². The maximum absolute atomic E-state index is 8.45. The van der Waals surface area contributed by atoms with Crippen molar-refractivity contribution in [1.29, 1.82) is 5.26 Å². The summed E-state index contributed by atoms with van der Waals surface area (Å²) < 4.78 is 0. The van der Waals surface area contributed by atoms with E-state index in [1.54, 1.807) is 11.3 Å². The first-order chi connectivity index (χ1) is 5.24. The van der Waals surface area contributed by atoms with E-state index in [2.05, 4.69) is 0 Å². The molecule has 58 valence electrons. The van der Waals surface area contributed by atoms with E-state index < -0.39 is 0 Å². The molecule has 0 aromatic carbocycles. The van der Waals surface area contributed by atoms with Crippen molar-refractivity contribution in [2.24, 2.45) is 5.73 Å². The summed E-state index contributed by atoms with van der Waals surface area (Å²) in [5, 5.41) is 10.5. The second-order valence-corrected chi connectivity index (χ2v) is 3.47. The zero-order chi connectivity index (χ0) is 8.27. The SMILES string of the molecule is Cc1ccsc1CC(N)C#N. The molecular formula is C8H10N2S. The number of hydrogen-bond acceptors (Lipinski definition) is 3. The Morgan fingerprint density at radius 3 is 3.00 bits per heavy atom. The van der Waals surface area contributed by atoms with Gasteiger partial charge in [0.15, 0.2) is 0 Å². The quantitative estimate of drug-likeness (QED) is 0.723. The zero-order valence-electron chi connectivity index (χ0n) is 6.37. The minimum absolute atomic E-state index is 0.354. The highest BCUT2D eigenvalue weighted by Gasteiger charge is 2.04. The average Bonchev–Trinajstić information content (AvgIpc) is 2.37. The lowest BCUT2D eigenvalue weighted by atomic mass is 10.1. The van der Waals surface area contributed by atoms with Crippen molar-refractivity contribution in [2.45, 2.75) is 19.4 Å². The average molecular weight is 166 g/mol. The van der Waals surface area contributed by atoms with Crippen LogP contribution in [0.25, 0.3) is 0 Å². The lowest BCUT2D eigenvalue weighted by molar-refractivity contribution is 0.830. The summed E-state index contributed by atoms with van der Waals surface area (Å²) in [5.74, 6) is 0. The summed E-state index contributed by atoms with van der Waals surface area (Å²) in [4.78, 5) is 1.22. The zero-order valence-corrected chi connectivity index (χ0v) is 7.19. The van der Waals surface area contributed by atoms with Crippen LogP contribution in [0.1, 0.15) is 10.4 Å². The van der Waals surface area contributed by atoms with Gasteiger partial charge in [0, 0.05) is 11.3 Å². The molecule has 11 heavy (non-hydrogen) atoms. The lowest BCUT2D eigenvalue weighted by Gasteiger charge is -1.99. The van der Waals surface area contributed by atoms with Gasteiger partial charge in [-0.05, 0) is 23.9 Å². The molecule has 1 aromatic rings. The third kappa shape index (κ3) is 2.04. The molecule has 1 aromatic heterocycles. The number of hydrogen-bond donors (Lipinski definition) is 1. The van der Waals surface area contributed by atoms with E-state index in [4.69, 9.17) is 11.0 Å². The molecular weight excluding hydrogens is 156 g/mol. The summed E-state index contributed by atoms with van der Waals surface area (Å²) in [5.41, 5.74) is 6.72. The molecule has 0 radical (unpaired) electrons. The molecule has 2 nitrogen and oxygen atoms in total. The number of nitrogens with zero attached hydrogens (tertiary/aromatic N) is 1. The smallest absolute Gasteiger partial charge is 0.0976 e. The van der Waals surface area contributed by atoms with Crippen molar-refractivity contribution in [2.75, 3.05) is 0 Å². The number of aryl methyl sites for hydroxylation is 1. The van der Waals surface area contributed by atoms with Crippen molar-refractivity contribution >= 4 is 11.3 Å². The first-order valence-corrected chi connectivity index (χ1v) is 4.30. The summed E-state index contributed by atoms with van der Waals surface area (Å²) >= 11 is 1.66. The molecule has 0 fully saturated rings. The van der Waals surface area contributed by atoms with Crippen molar-refractivity contribution in [1.82, 2.24) is 0 Å². The number of nitrogens with two attached hydrogens (primary N) is 1. The predicted molar refractivity (Wildman–Crippen MR) is 46.3 cm³/mol. The van der Waals surface area contributed by atoms with Crippen molar-refractivity contribution in [3.63, 3.8) is 0 Å². The predicted octanol–water partition coefficient (Wildman–Crippen LogP) is 1.45. The fraction of sp³-hybridized carbons (Fsp3) is 0.375. The normalized spacial score (nSPS) is 12.5. The first-order valence-electron chi connectivity index (χ1n) is 3.42. The van der Waals surface area contributed by atoms with Crippen LogP contribution >= 0.6 is 11.3 Å². The van der Waals surface area contributed by atoms with Gasteiger partial charge < -0.3 is 5.73 Å². The molecule has 1 rings (SSSR count). The summed E-state index contributed by atoms with van der Waals surface area (Å²) in [6, 6.07) is 3.71. The number of rotatable bonds is 2. The van der Waals surface area contributed by atoms with Gasteiger partial charge in [0.2, 0.25) is 0 Å². The molecule has 2 N–H and O–H groups in total. The largest absolute Gasteiger partial charge is 0.316 e. The Kier molecular flexibility index (Phi) is 2.64. The Bertz CT molecular complexity index is 272. The molecule has 0 saturated carbocycles. The lowest BCUT2D eigenvalue weighted by Crippen LogP contribution is -2.19. The molecule has 0 amide bonds. The third-order valence-electron chi connectivity index (χ3n) is 1.54. The van der Waals surface area contributed by atoms with Gasteiger partial charge in [0.25, 0.3) is 0 Å². The fourth-order valence-corrected chi connectivity index (χ4v) is 1.82. The van der Waals surface area contributed by atoms with Crippen LogP contribution in [0, 0.1) is 18.3 Å². The van der Waals surface area contributed by atoms with Crippen molar-refractivity contribution in [3.8, 4) is 6.07 Å². The Morgan fingerprint density at radius 1 is 1.82 bits per heavy atom. The van der Waals surface area contributed by atoms with Crippen LogP contribution in [0.3, 0.4) is 0 Å². The second kappa shape index (κ2) is 3.51. The van der Waals surface area contributed by atoms with Crippen LogP contribution in [0.4, 0.5) is 0 Å². The van der Waals surface area contributed by atoms with Gasteiger partial charge in [-0.3, -0.25) is 0 Å². The Labute approximate surface area is 70.3 Å². The summed E-state index contributed by atoms with van der Waals surface area (Å²) in [7, 11) is 0. The molecule has 0 bridgehead atoms. The Morgan fingerprint density at radius 2 is 2.55 bits per heavy atom. The van der Waals surface area contributed by atoms with Crippen LogP contribution in [0.5, 0.6) is 0 Å². The monoisotopic (exact) mass is 166 g/mol. The van der Waals surface area contributed by atoms with E-state index in [0.29, 0.717) is 6.42 Å². The van der Waals surface area contributed by atoms with Crippen LogP contribution < -0.4 is 5.73 Å². The van der Waals surface area contributed by atoms with E-state index in [1.165, 1.54) is 10.4 Å². The van der Waals surface area contributed by atoms with Gasteiger partial charge in [-0.15, -0.1) is 11.3 Å². The first kappa shape index (κ1) is 8.25. The highest BCUT2D eigenvalue weighted by molar-refractivity contribution is 7.10. The molecule has 1 unspecified atom stereocenters. The topological polar surface area (TPSA) is 49.8 Å². The van der Waals surface area contributed by atoms with Crippen LogP contribution in [0.2, 0.25) is 0 Å². The molecule has 0 saturated heterocycles. The molecule has 1 atom stereocenters. The minimum Gasteiger partial charge on any atom is -0.316 e. The van der Waals surface area contributed by atoms with Crippen molar-refractivity contribution in [3.05, 3.63) is 21.9 Å². The third-order valence-corrected chi connectivity index (χ3v) is 2.58. The van der Waals surface area contributed by atoms with Crippen LogP contribution in [0.15, 0.2) is 11.4 Å². The summed E-state index contributed by atoms with van der Waals surface area (Å²) in [6.45, 7) is 2.04. The van der Waals surface area contributed by atoms with E-state index in [-0.39, 0.29) is 6.04 Å². The van der Waals surface area contributed by atoms with Gasteiger partial charge in [0.1, 0.15) is 0 Å². The van der Waals surface area contributed by atoms with Gasteiger partial charge >= 0.3 is 0 Å². The van der Waals surface area contributed by atoms with Gasteiger partial charge in [-0.2, -0.15) is 5.26 Å². The van der Waals surface area contributed by atoms with Gasteiger partial charge in [-0.25, -0.2) is 0 Å². The van der Waals surface area contributed by atoms with Crippen molar-refractivity contribution < 1.29 is 0 Å². The number of nitriles is 1. The molecule has 1 heterocycles. The molecule has 0 aliphatic carbocycles. The Balaban J connectivity index is 2.66.